The van der Waals surface area contributed by atoms with Gasteiger partial charge >= 0.3 is 0 Å². The zero-order chi connectivity index (χ0) is 17.4. The monoisotopic (exact) mass is 347 g/mol. The van der Waals surface area contributed by atoms with Crippen molar-refractivity contribution in [2.24, 2.45) is 10.7 Å². The van der Waals surface area contributed by atoms with Crippen molar-refractivity contribution in [3.63, 3.8) is 0 Å². The highest BCUT2D eigenvalue weighted by atomic mass is 35.5. The first-order valence-electron chi connectivity index (χ1n) is 7.68. The number of anilines is 1. The SMILES string of the molecule is COc1ccc(NC(N)=NCCCOc2ccc(Cl)cc2C)cc1. The number of ether oxygens (including phenoxy) is 2. The summed E-state index contributed by atoms with van der Waals surface area (Å²) in [7, 11) is 1.63. The van der Waals surface area contributed by atoms with Gasteiger partial charge in [-0.2, -0.15) is 0 Å². The van der Waals surface area contributed by atoms with Gasteiger partial charge in [-0.3, -0.25) is 4.99 Å². The summed E-state index contributed by atoms with van der Waals surface area (Å²) in [5.74, 6) is 2.02. The van der Waals surface area contributed by atoms with E-state index >= 15 is 0 Å². The first-order chi connectivity index (χ1) is 11.6. The molecule has 5 nitrogen and oxygen atoms in total. The third-order valence-electron chi connectivity index (χ3n) is 3.34. The van der Waals surface area contributed by atoms with Gasteiger partial charge in [0.05, 0.1) is 13.7 Å². The molecule has 0 aromatic heterocycles. The van der Waals surface area contributed by atoms with Gasteiger partial charge in [-0.15, -0.1) is 0 Å². The molecule has 0 atom stereocenters. The number of hydrogen-bond donors (Lipinski definition) is 2. The van der Waals surface area contributed by atoms with Crippen LogP contribution in [0.25, 0.3) is 0 Å². The first-order valence-corrected chi connectivity index (χ1v) is 8.06. The molecule has 24 heavy (non-hydrogen) atoms. The summed E-state index contributed by atoms with van der Waals surface area (Å²) >= 11 is 5.92. The van der Waals surface area contributed by atoms with Crippen LogP contribution in [0, 0.1) is 6.92 Å². The average Bonchev–Trinajstić information content (AvgIpc) is 2.57. The zero-order valence-electron chi connectivity index (χ0n) is 13.9. The molecule has 0 saturated heterocycles. The predicted molar refractivity (Wildman–Crippen MR) is 99.4 cm³/mol. The minimum Gasteiger partial charge on any atom is -0.497 e. The molecular formula is C18H22ClN3O2. The van der Waals surface area contributed by atoms with Crippen molar-refractivity contribution in [2.75, 3.05) is 25.6 Å². The highest BCUT2D eigenvalue weighted by Crippen LogP contribution is 2.21. The van der Waals surface area contributed by atoms with Gasteiger partial charge < -0.3 is 20.5 Å². The van der Waals surface area contributed by atoms with E-state index in [1.807, 2.05) is 49.4 Å². The summed E-state index contributed by atoms with van der Waals surface area (Å²) in [6.45, 7) is 3.12. The number of methoxy groups -OCH3 is 1. The Balaban J connectivity index is 1.72. The second kappa shape index (κ2) is 9.03. The molecule has 0 heterocycles. The minimum absolute atomic E-state index is 0.378. The van der Waals surface area contributed by atoms with Gasteiger partial charge in [0.25, 0.3) is 0 Å². The Hall–Kier alpha value is -2.40. The molecule has 0 bridgehead atoms. The maximum atomic E-state index is 5.92. The van der Waals surface area contributed by atoms with Crippen molar-refractivity contribution in [3.8, 4) is 11.5 Å². The molecule has 2 rings (SSSR count). The molecule has 0 radical (unpaired) electrons. The number of guanidine groups is 1. The molecule has 0 spiro atoms. The third-order valence-corrected chi connectivity index (χ3v) is 3.58. The molecule has 0 saturated carbocycles. The number of halogens is 1. The second-order valence-corrected chi connectivity index (χ2v) is 5.67. The van der Waals surface area contributed by atoms with E-state index in [0.29, 0.717) is 24.1 Å². The summed E-state index contributed by atoms with van der Waals surface area (Å²) in [6.07, 6.45) is 0.771. The molecule has 128 valence electrons. The van der Waals surface area contributed by atoms with Crippen LogP contribution in [0.4, 0.5) is 5.69 Å². The zero-order valence-corrected chi connectivity index (χ0v) is 14.6. The smallest absolute Gasteiger partial charge is 0.193 e. The van der Waals surface area contributed by atoms with Crippen LogP contribution < -0.4 is 20.5 Å². The number of nitrogens with two attached hydrogens (primary N) is 1. The van der Waals surface area contributed by atoms with Crippen LogP contribution in [0.15, 0.2) is 47.5 Å². The van der Waals surface area contributed by atoms with E-state index < -0.39 is 0 Å². The summed E-state index contributed by atoms with van der Waals surface area (Å²) < 4.78 is 10.8. The maximum absolute atomic E-state index is 5.92. The number of nitrogens with one attached hydrogen (secondary N) is 1. The van der Waals surface area contributed by atoms with E-state index in [2.05, 4.69) is 10.3 Å². The number of hydrogen-bond acceptors (Lipinski definition) is 3. The van der Waals surface area contributed by atoms with Crippen LogP contribution in [-0.2, 0) is 0 Å². The molecule has 0 aliphatic carbocycles. The topological polar surface area (TPSA) is 68.9 Å². The van der Waals surface area contributed by atoms with E-state index in [4.69, 9.17) is 26.8 Å². The standard InChI is InChI=1S/C18H22ClN3O2/c1-13-12-14(19)4-9-17(13)24-11-3-10-21-18(20)22-15-5-7-16(23-2)8-6-15/h4-9,12H,3,10-11H2,1-2H3,(H3,20,21,22). The van der Waals surface area contributed by atoms with Gasteiger partial charge in [0.2, 0.25) is 0 Å². The Morgan fingerprint density at radius 2 is 1.96 bits per heavy atom. The number of rotatable bonds is 7. The van der Waals surface area contributed by atoms with E-state index in [-0.39, 0.29) is 0 Å². The molecule has 3 N–H and O–H groups in total. The Morgan fingerprint density at radius 3 is 2.62 bits per heavy atom. The fourth-order valence-electron chi connectivity index (χ4n) is 2.08. The second-order valence-electron chi connectivity index (χ2n) is 5.23. The van der Waals surface area contributed by atoms with Gasteiger partial charge in [0, 0.05) is 23.7 Å². The molecule has 0 aliphatic heterocycles. The van der Waals surface area contributed by atoms with Crippen LogP contribution in [-0.4, -0.2) is 26.2 Å². The van der Waals surface area contributed by atoms with Crippen LogP contribution >= 0.6 is 11.6 Å². The Morgan fingerprint density at radius 1 is 1.21 bits per heavy atom. The molecule has 0 fully saturated rings. The van der Waals surface area contributed by atoms with E-state index in [1.165, 1.54) is 0 Å². The number of benzene rings is 2. The predicted octanol–water partition coefficient (Wildman–Crippen LogP) is 3.85. The van der Waals surface area contributed by atoms with Crippen molar-refractivity contribution in [2.45, 2.75) is 13.3 Å². The molecule has 0 aliphatic rings. The van der Waals surface area contributed by atoms with Crippen LogP contribution in [0.3, 0.4) is 0 Å². The molecule has 0 unspecified atom stereocenters. The van der Waals surface area contributed by atoms with Crippen molar-refractivity contribution in [1.82, 2.24) is 0 Å². The number of nitrogens with zero attached hydrogens (tertiary/aromatic N) is 1. The molecule has 6 heteroatoms. The Bertz CT molecular complexity index is 687. The highest BCUT2D eigenvalue weighted by molar-refractivity contribution is 6.30. The fourth-order valence-corrected chi connectivity index (χ4v) is 2.31. The Kier molecular flexibility index (Phi) is 6.75. The number of aryl methyl sites for hydroxylation is 1. The summed E-state index contributed by atoms with van der Waals surface area (Å²) in [5.41, 5.74) is 7.75. The van der Waals surface area contributed by atoms with Gasteiger partial charge in [-0.05, 0) is 55.0 Å². The molecule has 2 aromatic rings. The quantitative estimate of drug-likeness (QED) is 0.453. The molecule has 0 amide bonds. The van der Waals surface area contributed by atoms with Crippen molar-refractivity contribution < 1.29 is 9.47 Å². The normalized spacial score (nSPS) is 11.2. The molecule has 2 aromatic carbocycles. The lowest BCUT2D eigenvalue weighted by atomic mass is 10.2. The van der Waals surface area contributed by atoms with Gasteiger partial charge in [-0.1, -0.05) is 11.6 Å². The summed E-state index contributed by atoms with van der Waals surface area (Å²) in [4.78, 5) is 4.28. The fraction of sp³-hybridized carbons (Fsp3) is 0.278. The van der Waals surface area contributed by atoms with Crippen molar-refractivity contribution in [1.29, 1.82) is 0 Å². The van der Waals surface area contributed by atoms with Crippen LogP contribution in [0.5, 0.6) is 11.5 Å². The average molecular weight is 348 g/mol. The van der Waals surface area contributed by atoms with Gasteiger partial charge in [-0.25, -0.2) is 0 Å². The number of aliphatic imine (C=N–C) groups is 1. The lowest BCUT2D eigenvalue weighted by Gasteiger charge is -2.09. The molecular weight excluding hydrogens is 326 g/mol. The van der Waals surface area contributed by atoms with E-state index in [9.17, 15) is 0 Å². The largest absolute Gasteiger partial charge is 0.497 e. The van der Waals surface area contributed by atoms with E-state index in [0.717, 1.165) is 29.2 Å². The summed E-state index contributed by atoms with van der Waals surface area (Å²) in [6, 6.07) is 13.1. The lowest BCUT2D eigenvalue weighted by Crippen LogP contribution is -2.23. The minimum atomic E-state index is 0.378. The van der Waals surface area contributed by atoms with Crippen LogP contribution in [0.1, 0.15) is 12.0 Å². The lowest BCUT2D eigenvalue weighted by molar-refractivity contribution is 0.311. The first kappa shape index (κ1) is 17.9. The van der Waals surface area contributed by atoms with Gasteiger partial charge in [0.1, 0.15) is 11.5 Å². The maximum Gasteiger partial charge on any atom is 0.193 e. The highest BCUT2D eigenvalue weighted by Gasteiger charge is 2.00. The summed E-state index contributed by atoms with van der Waals surface area (Å²) in [5, 5.41) is 3.74. The van der Waals surface area contributed by atoms with Crippen molar-refractivity contribution in [3.05, 3.63) is 53.1 Å². The Labute approximate surface area is 147 Å². The van der Waals surface area contributed by atoms with E-state index in [1.54, 1.807) is 7.11 Å². The van der Waals surface area contributed by atoms with Crippen molar-refractivity contribution >= 4 is 23.2 Å². The van der Waals surface area contributed by atoms with Crippen LogP contribution in [0.2, 0.25) is 5.02 Å². The van der Waals surface area contributed by atoms with Gasteiger partial charge in [0.15, 0.2) is 5.96 Å². The third kappa shape index (κ3) is 5.66.